The first kappa shape index (κ1) is 17.4. The highest BCUT2D eigenvalue weighted by molar-refractivity contribution is 7.15. The molecule has 2 aromatic carbocycles. The number of hydrogen-bond acceptors (Lipinski definition) is 5. The lowest BCUT2D eigenvalue weighted by molar-refractivity contribution is 0.0595. The van der Waals surface area contributed by atoms with Crippen molar-refractivity contribution in [2.45, 2.75) is 6.54 Å². The van der Waals surface area contributed by atoms with Gasteiger partial charge in [-0.15, -0.1) is 11.3 Å². The third kappa shape index (κ3) is 4.15. The van der Waals surface area contributed by atoms with E-state index < -0.39 is 11.8 Å². The third-order valence-corrected chi connectivity index (χ3v) is 4.70. The Bertz CT molecular complexity index is 896. The van der Waals surface area contributed by atoms with Crippen molar-refractivity contribution in [1.29, 1.82) is 0 Å². The lowest BCUT2D eigenvalue weighted by Crippen LogP contribution is -2.04. The maximum absolute atomic E-state index is 14.0. The fourth-order valence-electron chi connectivity index (χ4n) is 2.31. The van der Waals surface area contributed by atoms with Crippen molar-refractivity contribution in [1.82, 2.24) is 4.98 Å². The van der Waals surface area contributed by atoms with Crippen LogP contribution in [0.25, 0.3) is 11.1 Å². The maximum atomic E-state index is 14.0. The highest BCUT2D eigenvalue weighted by Crippen LogP contribution is 2.25. The van der Waals surface area contributed by atoms with Gasteiger partial charge in [0.05, 0.1) is 19.2 Å². The predicted molar refractivity (Wildman–Crippen MR) is 97.6 cm³/mol. The largest absolute Gasteiger partial charge is 0.465 e. The van der Waals surface area contributed by atoms with Gasteiger partial charge in [-0.1, -0.05) is 29.8 Å². The average Bonchev–Trinajstić information content (AvgIpc) is 3.05. The molecule has 0 bridgehead atoms. The molecule has 0 unspecified atom stereocenters. The standard InChI is InChI=1S/C18H14ClFN2O2S/c1-24-17(23)15-7-4-12(8-16(15)20)11-2-5-13(6-3-11)21-9-14-10-22-18(19)25-14/h2-8,10,21H,9H2,1H3. The Labute approximate surface area is 153 Å². The zero-order valence-electron chi connectivity index (χ0n) is 13.3. The molecule has 0 saturated heterocycles. The zero-order valence-corrected chi connectivity index (χ0v) is 14.8. The minimum atomic E-state index is -0.688. The topological polar surface area (TPSA) is 51.2 Å². The molecule has 0 aliphatic carbocycles. The van der Waals surface area contributed by atoms with Gasteiger partial charge in [0.1, 0.15) is 5.82 Å². The molecular weight excluding hydrogens is 363 g/mol. The highest BCUT2D eigenvalue weighted by atomic mass is 35.5. The van der Waals surface area contributed by atoms with Gasteiger partial charge in [-0.3, -0.25) is 0 Å². The fraction of sp³-hybridized carbons (Fsp3) is 0.111. The van der Waals surface area contributed by atoms with E-state index in [1.165, 1.54) is 30.6 Å². The molecule has 1 aromatic heterocycles. The van der Waals surface area contributed by atoms with E-state index in [1.54, 1.807) is 12.3 Å². The second kappa shape index (κ2) is 7.63. The van der Waals surface area contributed by atoms with Gasteiger partial charge >= 0.3 is 5.97 Å². The first-order valence-corrected chi connectivity index (χ1v) is 8.58. The summed E-state index contributed by atoms with van der Waals surface area (Å²) in [5.74, 6) is -1.29. The number of anilines is 1. The van der Waals surface area contributed by atoms with Crippen molar-refractivity contribution < 1.29 is 13.9 Å². The van der Waals surface area contributed by atoms with Gasteiger partial charge in [-0.05, 0) is 35.4 Å². The van der Waals surface area contributed by atoms with Gasteiger partial charge in [-0.2, -0.15) is 0 Å². The Morgan fingerprint density at radius 3 is 2.56 bits per heavy atom. The Hall–Kier alpha value is -2.44. The average molecular weight is 377 g/mol. The van der Waals surface area contributed by atoms with E-state index in [0.717, 1.165) is 16.1 Å². The van der Waals surface area contributed by atoms with E-state index in [0.29, 0.717) is 16.6 Å². The first-order chi connectivity index (χ1) is 12.1. The van der Waals surface area contributed by atoms with Crippen LogP contribution < -0.4 is 5.32 Å². The van der Waals surface area contributed by atoms with Crippen LogP contribution in [0, 0.1) is 5.82 Å². The summed E-state index contributed by atoms with van der Waals surface area (Å²) in [7, 11) is 1.22. The molecule has 0 aliphatic rings. The Morgan fingerprint density at radius 1 is 1.24 bits per heavy atom. The number of carbonyl (C=O) groups excluding carboxylic acids is 1. The molecule has 0 radical (unpaired) electrons. The highest BCUT2D eigenvalue weighted by Gasteiger charge is 2.12. The smallest absolute Gasteiger partial charge is 0.340 e. The second-order valence-corrected chi connectivity index (χ2v) is 6.89. The summed E-state index contributed by atoms with van der Waals surface area (Å²) in [6.07, 6.45) is 1.74. The molecule has 0 amide bonds. The molecule has 4 nitrogen and oxygen atoms in total. The molecule has 3 aromatic rings. The molecule has 0 spiro atoms. The number of nitrogens with one attached hydrogen (secondary N) is 1. The van der Waals surface area contributed by atoms with Crippen molar-refractivity contribution in [2.24, 2.45) is 0 Å². The molecule has 25 heavy (non-hydrogen) atoms. The molecule has 3 rings (SSSR count). The number of nitrogens with zero attached hydrogens (tertiary/aromatic N) is 1. The number of halogens is 2. The molecule has 1 N–H and O–H groups in total. The SMILES string of the molecule is COC(=O)c1ccc(-c2ccc(NCc3cnc(Cl)s3)cc2)cc1F. The van der Waals surface area contributed by atoms with Gasteiger partial charge in [0.25, 0.3) is 0 Å². The number of carbonyl (C=O) groups is 1. The van der Waals surface area contributed by atoms with Crippen LogP contribution in [-0.4, -0.2) is 18.1 Å². The van der Waals surface area contributed by atoms with Gasteiger partial charge in [0.2, 0.25) is 0 Å². The number of rotatable bonds is 5. The van der Waals surface area contributed by atoms with E-state index in [2.05, 4.69) is 15.0 Å². The third-order valence-electron chi connectivity index (χ3n) is 3.58. The Balaban J connectivity index is 1.71. The van der Waals surface area contributed by atoms with Crippen molar-refractivity contribution >= 4 is 34.6 Å². The van der Waals surface area contributed by atoms with E-state index in [4.69, 9.17) is 11.6 Å². The van der Waals surface area contributed by atoms with Gasteiger partial charge in [0, 0.05) is 16.8 Å². The summed E-state index contributed by atoms with van der Waals surface area (Å²) in [6, 6.07) is 12.0. The van der Waals surface area contributed by atoms with E-state index >= 15 is 0 Å². The number of esters is 1. The van der Waals surface area contributed by atoms with Crippen LogP contribution in [0.15, 0.2) is 48.7 Å². The summed E-state index contributed by atoms with van der Waals surface area (Å²) in [6.45, 7) is 0.631. The lowest BCUT2D eigenvalue weighted by Gasteiger charge is -2.08. The normalized spacial score (nSPS) is 10.5. The molecule has 7 heteroatoms. The maximum Gasteiger partial charge on any atom is 0.340 e. The molecule has 1 heterocycles. The Morgan fingerprint density at radius 2 is 1.96 bits per heavy atom. The van der Waals surface area contributed by atoms with Crippen molar-refractivity contribution in [3.05, 3.63) is 69.4 Å². The number of aromatic nitrogens is 1. The monoisotopic (exact) mass is 376 g/mol. The van der Waals surface area contributed by atoms with Crippen molar-refractivity contribution in [3.8, 4) is 11.1 Å². The van der Waals surface area contributed by atoms with E-state index in [-0.39, 0.29) is 5.56 Å². The van der Waals surface area contributed by atoms with Crippen LogP contribution in [0.1, 0.15) is 15.2 Å². The zero-order chi connectivity index (χ0) is 17.8. The minimum Gasteiger partial charge on any atom is -0.465 e. The van der Waals surface area contributed by atoms with Gasteiger partial charge < -0.3 is 10.1 Å². The summed E-state index contributed by atoms with van der Waals surface area (Å²) in [4.78, 5) is 16.5. The second-order valence-electron chi connectivity index (χ2n) is 5.20. The number of methoxy groups -OCH3 is 1. The van der Waals surface area contributed by atoms with Crippen molar-refractivity contribution in [3.63, 3.8) is 0 Å². The predicted octanol–water partition coefficient (Wildman–Crippen LogP) is 5.00. The number of benzene rings is 2. The lowest BCUT2D eigenvalue weighted by atomic mass is 10.0. The van der Waals surface area contributed by atoms with Crippen LogP contribution in [0.5, 0.6) is 0 Å². The van der Waals surface area contributed by atoms with Gasteiger partial charge in [-0.25, -0.2) is 14.2 Å². The quantitative estimate of drug-likeness (QED) is 0.636. The first-order valence-electron chi connectivity index (χ1n) is 7.39. The van der Waals surface area contributed by atoms with Crippen LogP contribution in [0.3, 0.4) is 0 Å². The number of hydrogen-bond donors (Lipinski definition) is 1. The van der Waals surface area contributed by atoms with Crippen LogP contribution in [-0.2, 0) is 11.3 Å². The summed E-state index contributed by atoms with van der Waals surface area (Å²) < 4.78 is 19.1. The molecule has 0 aliphatic heterocycles. The van der Waals surface area contributed by atoms with Crippen LogP contribution in [0.2, 0.25) is 4.47 Å². The van der Waals surface area contributed by atoms with Crippen molar-refractivity contribution in [2.75, 3.05) is 12.4 Å². The van der Waals surface area contributed by atoms with E-state index in [1.807, 2.05) is 24.3 Å². The number of ether oxygens (including phenoxy) is 1. The number of thiazole rings is 1. The minimum absolute atomic E-state index is 0.0762. The van der Waals surface area contributed by atoms with Gasteiger partial charge in [0.15, 0.2) is 4.47 Å². The molecule has 0 saturated carbocycles. The Kier molecular flexibility index (Phi) is 5.31. The fourth-order valence-corrected chi connectivity index (χ4v) is 3.22. The molecular formula is C18H14ClFN2O2S. The van der Waals surface area contributed by atoms with E-state index in [9.17, 15) is 9.18 Å². The van der Waals surface area contributed by atoms with Crippen LogP contribution in [0.4, 0.5) is 10.1 Å². The summed E-state index contributed by atoms with van der Waals surface area (Å²) in [5, 5.41) is 3.27. The molecule has 0 fully saturated rings. The van der Waals surface area contributed by atoms with Crippen LogP contribution >= 0.6 is 22.9 Å². The summed E-state index contributed by atoms with van der Waals surface area (Å²) >= 11 is 7.23. The molecule has 0 atom stereocenters. The molecule has 128 valence electrons. The summed E-state index contributed by atoms with van der Waals surface area (Å²) in [5.41, 5.74) is 2.39.